The van der Waals surface area contributed by atoms with E-state index < -0.39 is 20.7 Å². The SMILES string of the molecule is Cc1cccc(C(O)C(C)(C)S(C)(=O)=O)c1. The minimum absolute atomic E-state index is 0.635. The molecule has 16 heavy (non-hydrogen) atoms. The fourth-order valence-corrected chi connectivity index (χ4v) is 1.99. The smallest absolute Gasteiger partial charge is 0.155 e. The van der Waals surface area contributed by atoms with Crippen LogP contribution in [-0.2, 0) is 9.84 Å². The molecule has 0 spiro atoms. The number of rotatable bonds is 3. The first-order valence-corrected chi connectivity index (χ1v) is 6.99. The largest absolute Gasteiger partial charge is 0.387 e. The van der Waals surface area contributed by atoms with Gasteiger partial charge in [-0.3, -0.25) is 0 Å². The minimum Gasteiger partial charge on any atom is -0.387 e. The van der Waals surface area contributed by atoms with Gasteiger partial charge in [-0.2, -0.15) is 0 Å². The van der Waals surface area contributed by atoms with Crippen molar-refractivity contribution in [2.45, 2.75) is 31.6 Å². The summed E-state index contributed by atoms with van der Waals surface area (Å²) in [7, 11) is -3.31. The zero-order valence-electron chi connectivity index (χ0n) is 10.1. The van der Waals surface area contributed by atoms with Gasteiger partial charge in [0.15, 0.2) is 9.84 Å². The van der Waals surface area contributed by atoms with Crippen LogP contribution in [0.4, 0.5) is 0 Å². The van der Waals surface area contributed by atoms with Gasteiger partial charge in [0.1, 0.15) is 0 Å². The first-order valence-electron chi connectivity index (χ1n) is 5.10. The van der Waals surface area contributed by atoms with Crippen LogP contribution in [0.3, 0.4) is 0 Å². The first kappa shape index (κ1) is 13.2. The van der Waals surface area contributed by atoms with Gasteiger partial charge in [0, 0.05) is 6.26 Å². The summed E-state index contributed by atoms with van der Waals surface area (Å²) in [6.07, 6.45) is 0.133. The molecule has 90 valence electrons. The molecule has 0 saturated carbocycles. The van der Waals surface area contributed by atoms with Gasteiger partial charge < -0.3 is 5.11 Å². The van der Waals surface area contributed by atoms with E-state index in [1.165, 1.54) is 13.8 Å². The van der Waals surface area contributed by atoms with Gasteiger partial charge in [-0.15, -0.1) is 0 Å². The van der Waals surface area contributed by atoms with Crippen molar-refractivity contribution < 1.29 is 13.5 Å². The fraction of sp³-hybridized carbons (Fsp3) is 0.500. The van der Waals surface area contributed by atoms with E-state index in [2.05, 4.69) is 0 Å². The van der Waals surface area contributed by atoms with E-state index >= 15 is 0 Å². The van der Waals surface area contributed by atoms with Crippen molar-refractivity contribution >= 4 is 9.84 Å². The van der Waals surface area contributed by atoms with Crippen molar-refractivity contribution in [1.82, 2.24) is 0 Å². The Balaban J connectivity index is 3.17. The highest BCUT2D eigenvalue weighted by atomic mass is 32.2. The quantitative estimate of drug-likeness (QED) is 0.880. The average Bonchev–Trinajstić information content (AvgIpc) is 2.14. The van der Waals surface area contributed by atoms with Crippen molar-refractivity contribution in [3.63, 3.8) is 0 Å². The molecule has 1 aromatic carbocycles. The Morgan fingerprint density at radius 3 is 2.31 bits per heavy atom. The summed E-state index contributed by atoms with van der Waals surface area (Å²) in [6, 6.07) is 7.26. The normalized spacial score (nSPS) is 14.8. The summed E-state index contributed by atoms with van der Waals surface area (Å²) in [5.41, 5.74) is 1.64. The fourth-order valence-electron chi connectivity index (χ4n) is 1.44. The van der Waals surface area contributed by atoms with Crippen LogP contribution < -0.4 is 0 Å². The van der Waals surface area contributed by atoms with Gasteiger partial charge in [-0.05, 0) is 26.3 Å². The monoisotopic (exact) mass is 242 g/mol. The number of hydrogen-bond acceptors (Lipinski definition) is 3. The minimum atomic E-state index is -3.31. The number of sulfone groups is 1. The highest BCUT2D eigenvalue weighted by Crippen LogP contribution is 2.32. The molecule has 0 amide bonds. The molecule has 1 N–H and O–H groups in total. The number of aliphatic hydroxyl groups is 1. The molecule has 0 radical (unpaired) electrons. The van der Waals surface area contributed by atoms with Crippen LogP contribution in [0.2, 0.25) is 0 Å². The molecule has 0 aromatic heterocycles. The van der Waals surface area contributed by atoms with Gasteiger partial charge in [-0.25, -0.2) is 8.42 Å². The van der Waals surface area contributed by atoms with Crippen LogP contribution in [0.5, 0.6) is 0 Å². The maximum absolute atomic E-state index is 11.6. The summed E-state index contributed by atoms with van der Waals surface area (Å²) < 4.78 is 22.0. The molecule has 0 saturated heterocycles. The molecular formula is C12H18O3S. The average molecular weight is 242 g/mol. The maximum atomic E-state index is 11.6. The predicted molar refractivity (Wildman–Crippen MR) is 65.1 cm³/mol. The van der Waals surface area contributed by atoms with E-state index in [4.69, 9.17) is 0 Å². The van der Waals surface area contributed by atoms with E-state index in [0.29, 0.717) is 5.56 Å². The molecule has 0 aliphatic rings. The van der Waals surface area contributed by atoms with Crippen LogP contribution in [0, 0.1) is 6.92 Å². The summed E-state index contributed by atoms with van der Waals surface area (Å²) in [6.45, 7) is 4.98. The van der Waals surface area contributed by atoms with Gasteiger partial charge in [0.25, 0.3) is 0 Å². The number of hydrogen-bond donors (Lipinski definition) is 1. The van der Waals surface area contributed by atoms with Crippen LogP contribution in [0.1, 0.15) is 31.1 Å². The van der Waals surface area contributed by atoms with Crippen molar-refractivity contribution in [2.75, 3.05) is 6.26 Å². The molecule has 1 unspecified atom stereocenters. The number of aliphatic hydroxyl groups excluding tert-OH is 1. The molecule has 0 heterocycles. The molecule has 3 nitrogen and oxygen atoms in total. The van der Waals surface area contributed by atoms with Gasteiger partial charge in [-0.1, -0.05) is 29.8 Å². The molecule has 0 fully saturated rings. The van der Waals surface area contributed by atoms with E-state index in [0.717, 1.165) is 11.8 Å². The summed E-state index contributed by atoms with van der Waals surface area (Å²) in [5.74, 6) is 0. The Morgan fingerprint density at radius 1 is 1.31 bits per heavy atom. The van der Waals surface area contributed by atoms with Crippen LogP contribution >= 0.6 is 0 Å². The first-order chi connectivity index (χ1) is 7.16. The van der Waals surface area contributed by atoms with Crippen LogP contribution in [-0.4, -0.2) is 24.5 Å². The zero-order valence-corrected chi connectivity index (χ0v) is 10.9. The van der Waals surface area contributed by atoms with Crippen LogP contribution in [0.25, 0.3) is 0 Å². The third-order valence-electron chi connectivity index (χ3n) is 2.97. The highest BCUT2D eigenvalue weighted by molar-refractivity contribution is 7.92. The Hall–Kier alpha value is -0.870. The second kappa shape index (κ2) is 4.18. The second-order valence-electron chi connectivity index (χ2n) is 4.69. The molecule has 0 aliphatic carbocycles. The summed E-state index contributed by atoms with van der Waals surface area (Å²) in [4.78, 5) is 0. The highest BCUT2D eigenvalue weighted by Gasteiger charge is 2.38. The summed E-state index contributed by atoms with van der Waals surface area (Å²) in [5, 5.41) is 10.1. The molecule has 0 aliphatic heterocycles. The Morgan fingerprint density at radius 2 is 1.88 bits per heavy atom. The van der Waals surface area contributed by atoms with Gasteiger partial charge in [0.05, 0.1) is 10.9 Å². The Labute approximate surface area is 97.0 Å². The van der Waals surface area contributed by atoms with E-state index in [1.54, 1.807) is 12.1 Å². The van der Waals surface area contributed by atoms with Crippen molar-refractivity contribution in [1.29, 1.82) is 0 Å². The van der Waals surface area contributed by atoms with E-state index in [9.17, 15) is 13.5 Å². The van der Waals surface area contributed by atoms with Crippen molar-refractivity contribution in [2.24, 2.45) is 0 Å². The Bertz CT molecular complexity index is 475. The Kier molecular flexibility index (Phi) is 3.45. The third-order valence-corrected chi connectivity index (χ3v) is 5.11. The summed E-state index contributed by atoms with van der Waals surface area (Å²) >= 11 is 0. The molecule has 0 bridgehead atoms. The number of benzene rings is 1. The van der Waals surface area contributed by atoms with Gasteiger partial charge >= 0.3 is 0 Å². The lowest BCUT2D eigenvalue weighted by Crippen LogP contribution is -2.37. The standard InChI is InChI=1S/C12H18O3S/c1-9-6-5-7-10(8-9)11(13)12(2,3)16(4,14)15/h5-8,11,13H,1-4H3. The topological polar surface area (TPSA) is 54.4 Å². The third kappa shape index (κ3) is 2.44. The lowest BCUT2D eigenvalue weighted by atomic mass is 9.97. The molecule has 4 heteroatoms. The molecule has 1 atom stereocenters. The molecule has 1 aromatic rings. The van der Waals surface area contributed by atoms with Gasteiger partial charge in [0.2, 0.25) is 0 Å². The molecular weight excluding hydrogens is 224 g/mol. The lowest BCUT2D eigenvalue weighted by Gasteiger charge is -2.29. The van der Waals surface area contributed by atoms with E-state index in [1.807, 2.05) is 19.1 Å². The van der Waals surface area contributed by atoms with Crippen molar-refractivity contribution in [3.8, 4) is 0 Å². The lowest BCUT2D eigenvalue weighted by molar-refractivity contribution is 0.139. The predicted octanol–water partition coefficient (Wildman–Crippen LogP) is 1.85. The number of aryl methyl sites for hydroxylation is 1. The van der Waals surface area contributed by atoms with E-state index in [-0.39, 0.29) is 0 Å². The van der Waals surface area contributed by atoms with Crippen molar-refractivity contribution in [3.05, 3.63) is 35.4 Å². The zero-order chi connectivity index (χ0) is 12.6. The molecule has 1 rings (SSSR count). The second-order valence-corrected chi connectivity index (χ2v) is 7.29. The van der Waals surface area contributed by atoms with Crippen LogP contribution in [0.15, 0.2) is 24.3 Å². The maximum Gasteiger partial charge on any atom is 0.155 e.